The van der Waals surface area contributed by atoms with E-state index >= 15 is 0 Å². The van der Waals surface area contributed by atoms with Gasteiger partial charge in [-0.25, -0.2) is 19.3 Å². The van der Waals surface area contributed by atoms with Crippen LogP contribution in [0, 0.1) is 17.8 Å². The largest absolute Gasteiger partial charge is 0.480 e. The van der Waals surface area contributed by atoms with E-state index in [1.54, 1.807) is 0 Å². The molecular weight excluding hydrogens is 456 g/mol. The summed E-state index contributed by atoms with van der Waals surface area (Å²) >= 11 is 4.57. The molecule has 9 heteroatoms. The van der Waals surface area contributed by atoms with Crippen molar-refractivity contribution in [3.05, 3.63) is 29.8 Å². The number of anilines is 1. The number of carbonyl (C=O) groups is 4. The topological polar surface area (TPSA) is 113 Å². The quantitative estimate of drug-likeness (QED) is 0.336. The van der Waals surface area contributed by atoms with Crippen LogP contribution in [0.3, 0.4) is 0 Å². The number of imide groups is 1. The third-order valence-corrected chi connectivity index (χ3v) is 7.14. The van der Waals surface area contributed by atoms with Crippen molar-refractivity contribution in [1.29, 1.82) is 0 Å². The van der Waals surface area contributed by atoms with Crippen LogP contribution in [-0.2, 0) is 14.3 Å². The van der Waals surface area contributed by atoms with Crippen LogP contribution < -0.4 is 5.32 Å². The van der Waals surface area contributed by atoms with E-state index in [0.29, 0.717) is 17.2 Å². The van der Waals surface area contributed by atoms with E-state index in [4.69, 9.17) is 0 Å². The second kappa shape index (κ2) is 12.8. The molecule has 0 heterocycles. The molecule has 3 amide bonds. The number of carbonyl (C=O) groups excluding carboxylic acids is 3. The molecule has 188 valence electrons. The maximum atomic E-state index is 13.5. The predicted molar refractivity (Wildman–Crippen MR) is 133 cm³/mol. The van der Waals surface area contributed by atoms with Crippen LogP contribution in [0.15, 0.2) is 24.3 Å². The molecule has 2 unspecified atom stereocenters. The van der Waals surface area contributed by atoms with E-state index in [2.05, 4.69) is 22.7 Å². The molecule has 1 fully saturated rings. The lowest BCUT2D eigenvalue weighted by Gasteiger charge is -2.35. The maximum Gasteiger partial charge on any atom is 0.337 e. The lowest BCUT2D eigenvalue weighted by molar-refractivity contribution is -0.148. The summed E-state index contributed by atoms with van der Waals surface area (Å²) in [6, 6.07) is 3.78. The maximum absolute atomic E-state index is 13.5. The monoisotopic (exact) mass is 492 g/mol. The molecule has 3 atom stereocenters. The van der Waals surface area contributed by atoms with Crippen LogP contribution in [0.25, 0.3) is 0 Å². The normalized spacial score (nSPS) is 16.9. The third-order valence-electron chi connectivity index (χ3n) is 6.45. The van der Waals surface area contributed by atoms with E-state index in [1.807, 2.05) is 20.8 Å². The Morgan fingerprint density at radius 1 is 1.09 bits per heavy atom. The number of urea groups is 1. The SMILES string of the molecule is COC(=O)c1ccc(NC(=O)N(C(=O)C(S)C(C)C2CCCCC2)[C@@H](CC(C)C)C(=O)O)cc1. The van der Waals surface area contributed by atoms with E-state index in [-0.39, 0.29) is 18.3 Å². The number of esters is 1. The highest BCUT2D eigenvalue weighted by molar-refractivity contribution is 7.81. The van der Waals surface area contributed by atoms with Gasteiger partial charge in [0.1, 0.15) is 6.04 Å². The number of carboxylic acids is 1. The minimum atomic E-state index is -1.32. The van der Waals surface area contributed by atoms with Crippen LogP contribution in [0.1, 0.15) is 69.7 Å². The van der Waals surface area contributed by atoms with Gasteiger partial charge in [0, 0.05) is 5.69 Å². The van der Waals surface area contributed by atoms with Crippen molar-refractivity contribution >= 4 is 42.2 Å². The molecule has 34 heavy (non-hydrogen) atoms. The molecule has 2 N–H and O–H groups in total. The van der Waals surface area contributed by atoms with Gasteiger partial charge >= 0.3 is 18.0 Å². The Kier molecular flexibility index (Phi) is 10.4. The van der Waals surface area contributed by atoms with Gasteiger partial charge in [-0.1, -0.05) is 52.9 Å². The number of methoxy groups -OCH3 is 1. The van der Waals surface area contributed by atoms with Gasteiger partial charge in [-0.05, 0) is 48.4 Å². The van der Waals surface area contributed by atoms with E-state index < -0.39 is 35.2 Å². The number of aliphatic carboxylic acids is 1. The number of benzene rings is 1. The number of carboxylic acid groups (broad SMARTS) is 1. The fraction of sp³-hybridized carbons (Fsp3) is 0.600. The van der Waals surface area contributed by atoms with Gasteiger partial charge in [0.2, 0.25) is 5.91 Å². The van der Waals surface area contributed by atoms with Gasteiger partial charge in [-0.2, -0.15) is 12.6 Å². The second-order valence-electron chi connectivity index (χ2n) is 9.39. The van der Waals surface area contributed by atoms with Gasteiger partial charge in [-0.15, -0.1) is 0 Å². The van der Waals surface area contributed by atoms with Crippen molar-refractivity contribution in [1.82, 2.24) is 4.90 Å². The van der Waals surface area contributed by atoms with Crippen molar-refractivity contribution in [3.63, 3.8) is 0 Å². The standard InChI is InChI=1S/C25H36N2O6S/c1-15(2)14-20(23(29)30)27(22(28)21(34)16(3)17-8-6-5-7-9-17)25(32)26-19-12-10-18(11-13-19)24(31)33-4/h10-13,15-17,20-21,34H,5-9,14H2,1-4H3,(H,26,32)(H,29,30)/t16?,20-,21?/m0/s1. The van der Waals surface area contributed by atoms with Crippen molar-refractivity contribution < 1.29 is 29.0 Å². The summed E-state index contributed by atoms with van der Waals surface area (Å²) in [5.74, 6) is -2.23. The molecule has 0 spiro atoms. The number of hydrogen-bond donors (Lipinski definition) is 3. The molecule has 0 saturated heterocycles. The zero-order valence-electron chi connectivity index (χ0n) is 20.3. The first kappa shape index (κ1) is 27.7. The Hall–Kier alpha value is -2.55. The minimum absolute atomic E-state index is 0.0577. The molecule has 1 saturated carbocycles. The molecule has 0 aromatic heterocycles. The van der Waals surface area contributed by atoms with Gasteiger partial charge in [0.25, 0.3) is 0 Å². The highest BCUT2D eigenvalue weighted by atomic mass is 32.1. The van der Waals surface area contributed by atoms with Crippen molar-refractivity contribution in [3.8, 4) is 0 Å². The average Bonchev–Trinajstić information content (AvgIpc) is 2.82. The summed E-state index contributed by atoms with van der Waals surface area (Å²) < 4.78 is 4.67. The molecule has 2 rings (SSSR count). The average molecular weight is 493 g/mol. The molecule has 1 aliphatic rings. The summed E-state index contributed by atoms with van der Waals surface area (Å²) in [4.78, 5) is 51.4. The minimum Gasteiger partial charge on any atom is -0.480 e. The zero-order chi connectivity index (χ0) is 25.4. The lowest BCUT2D eigenvalue weighted by atomic mass is 9.79. The number of hydrogen-bond acceptors (Lipinski definition) is 6. The second-order valence-corrected chi connectivity index (χ2v) is 9.95. The molecule has 8 nitrogen and oxygen atoms in total. The molecule has 0 radical (unpaired) electrons. The summed E-state index contributed by atoms with van der Waals surface area (Å²) in [7, 11) is 1.27. The Balaban J connectivity index is 2.30. The Bertz CT molecular complexity index is 867. The molecule has 1 aromatic rings. The number of nitrogens with zero attached hydrogens (tertiary/aromatic N) is 1. The van der Waals surface area contributed by atoms with Gasteiger partial charge in [-0.3, -0.25) is 4.79 Å². The first-order valence-corrected chi connectivity index (χ1v) is 12.3. The zero-order valence-corrected chi connectivity index (χ0v) is 21.2. The summed E-state index contributed by atoms with van der Waals surface area (Å²) in [5, 5.41) is 11.7. The fourth-order valence-electron chi connectivity index (χ4n) is 4.43. The number of nitrogens with one attached hydrogen (secondary N) is 1. The molecule has 1 aromatic carbocycles. The molecule has 1 aliphatic carbocycles. The smallest absolute Gasteiger partial charge is 0.337 e. The first-order chi connectivity index (χ1) is 16.1. The Morgan fingerprint density at radius 2 is 1.68 bits per heavy atom. The van der Waals surface area contributed by atoms with Crippen LogP contribution in [0.5, 0.6) is 0 Å². The summed E-state index contributed by atoms with van der Waals surface area (Å²) in [5.41, 5.74) is 0.619. The number of thiol groups is 1. The summed E-state index contributed by atoms with van der Waals surface area (Å²) in [6.07, 6.45) is 5.49. The van der Waals surface area contributed by atoms with Crippen LogP contribution in [-0.4, -0.2) is 52.3 Å². The van der Waals surface area contributed by atoms with Gasteiger partial charge < -0.3 is 15.2 Å². The van der Waals surface area contributed by atoms with Crippen LogP contribution in [0.2, 0.25) is 0 Å². The third kappa shape index (κ3) is 7.22. The van der Waals surface area contributed by atoms with E-state index in [1.165, 1.54) is 37.8 Å². The van der Waals surface area contributed by atoms with Gasteiger partial charge in [0.15, 0.2) is 0 Å². The van der Waals surface area contributed by atoms with Crippen molar-refractivity contribution in [2.24, 2.45) is 17.8 Å². The van der Waals surface area contributed by atoms with Crippen molar-refractivity contribution in [2.45, 2.75) is 70.6 Å². The number of rotatable bonds is 9. The highest BCUT2D eigenvalue weighted by Crippen LogP contribution is 2.34. The molecular formula is C25H36N2O6S. The highest BCUT2D eigenvalue weighted by Gasteiger charge is 2.40. The summed E-state index contributed by atoms with van der Waals surface area (Å²) in [6.45, 7) is 5.63. The van der Waals surface area contributed by atoms with Crippen LogP contribution >= 0.6 is 12.6 Å². The molecule has 0 bridgehead atoms. The van der Waals surface area contributed by atoms with E-state index in [9.17, 15) is 24.3 Å². The van der Waals surface area contributed by atoms with Crippen LogP contribution in [0.4, 0.5) is 10.5 Å². The predicted octanol–water partition coefficient (Wildman–Crippen LogP) is 4.85. The molecule has 0 aliphatic heterocycles. The number of amides is 3. The number of ether oxygens (including phenoxy) is 1. The van der Waals surface area contributed by atoms with Crippen molar-refractivity contribution in [2.75, 3.05) is 12.4 Å². The van der Waals surface area contributed by atoms with E-state index in [0.717, 1.165) is 30.6 Å². The van der Waals surface area contributed by atoms with Gasteiger partial charge in [0.05, 0.1) is 17.9 Å². The Morgan fingerprint density at radius 3 is 2.18 bits per heavy atom. The fourth-order valence-corrected chi connectivity index (χ4v) is 4.80. The Labute approximate surface area is 206 Å². The lowest BCUT2D eigenvalue weighted by Crippen LogP contribution is -2.54. The first-order valence-electron chi connectivity index (χ1n) is 11.8.